The maximum absolute atomic E-state index is 11.8. The number of hydrogen-bond acceptors (Lipinski definition) is 6. The lowest BCUT2D eigenvalue weighted by Gasteiger charge is -2.03. The Morgan fingerprint density at radius 2 is 2.30 bits per heavy atom. The minimum absolute atomic E-state index is 0.0565. The van der Waals surface area contributed by atoms with Gasteiger partial charge in [0, 0.05) is 23.8 Å². The molecule has 0 saturated carbocycles. The predicted molar refractivity (Wildman–Crippen MR) is 72.7 cm³/mol. The molecular weight excluding hydrogens is 278 g/mol. The van der Waals surface area contributed by atoms with Gasteiger partial charge in [0.2, 0.25) is 0 Å². The molecule has 7 heteroatoms. The average molecular weight is 287 g/mol. The van der Waals surface area contributed by atoms with Gasteiger partial charge in [-0.1, -0.05) is 6.07 Å². The summed E-state index contributed by atoms with van der Waals surface area (Å²) < 4.78 is 6.53. The van der Waals surface area contributed by atoms with E-state index in [0.29, 0.717) is 10.7 Å². The van der Waals surface area contributed by atoms with Gasteiger partial charge in [-0.05, 0) is 12.1 Å². The molecular formula is C13H9N3O3S. The number of thiazole rings is 1. The van der Waals surface area contributed by atoms with Crippen LogP contribution >= 0.6 is 11.3 Å². The van der Waals surface area contributed by atoms with E-state index >= 15 is 0 Å². The van der Waals surface area contributed by atoms with E-state index in [4.69, 9.17) is 4.74 Å². The zero-order chi connectivity index (χ0) is 13.9. The van der Waals surface area contributed by atoms with E-state index in [2.05, 4.69) is 9.97 Å². The third kappa shape index (κ3) is 2.43. The molecule has 3 heterocycles. The van der Waals surface area contributed by atoms with Gasteiger partial charge in [0.15, 0.2) is 4.96 Å². The molecule has 0 unspecified atom stereocenters. The highest BCUT2D eigenvalue weighted by atomic mass is 32.1. The SMILES string of the molecule is O=C(OCc1cc(=O)n2ccsc2n1)c1ccccn1. The Balaban J connectivity index is 1.77. The second-order valence-electron chi connectivity index (χ2n) is 3.93. The standard InChI is InChI=1S/C13H9N3O3S/c17-11-7-9(15-13-16(11)5-6-20-13)8-19-12(18)10-3-1-2-4-14-10/h1-7H,8H2. The molecule has 0 bridgehead atoms. The highest BCUT2D eigenvalue weighted by Gasteiger charge is 2.10. The highest BCUT2D eigenvalue weighted by Crippen LogP contribution is 2.08. The average Bonchev–Trinajstić information content (AvgIpc) is 2.94. The Morgan fingerprint density at radius 3 is 3.10 bits per heavy atom. The van der Waals surface area contributed by atoms with Crippen LogP contribution in [0.2, 0.25) is 0 Å². The van der Waals surface area contributed by atoms with Crippen molar-refractivity contribution in [3.8, 4) is 0 Å². The number of ether oxygens (including phenoxy) is 1. The van der Waals surface area contributed by atoms with Crippen LogP contribution in [0.5, 0.6) is 0 Å². The van der Waals surface area contributed by atoms with E-state index in [0.717, 1.165) is 0 Å². The third-order valence-electron chi connectivity index (χ3n) is 2.58. The summed E-state index contributed by atoms with van der Waals surface area (Å²) in [6, 6.07) is 6.33. The van der Waals surface area contributed by atoms with Crippen LogP contribution in [0.4, 0.5) is 0 Å². The quantitative estimate of drug-likeness (QED) is 0.683. The van der Waals surface area contributed by atoms with Crippen molar-refractivity contribution in [3.63, 3.8) is 0 Å². The molecule has 0 aliphatic carbocycles. The fraction of sp³-hybridized carbons (Fsp3) is 0.0769. The first-order chi connectivity index (χ1) is 9.74. The molecule has 0 atom stereocenters. The van der Waals surface area contributed by atoms with Crippen molar-refractivity contribution < 1.29 is 9.53 Å². The van der Waals surface area contributed by atoms with Crippen LogP contribution in [0, 0.1) is 0 Å². The Morgan fingerprint density at radius 1 is 1.40 bits per heavy atom. The number of carbonyl (C=O) groups is 1. The number of aromatic nitrogens is 3. The summed E-state index contributed by atoms with van der Waals surface area (Å²) in [6.45, 7) is -0.0565. The molecule has 20 heavy (non-hydrogen) atoms. The fourth-order valence-electron chi connectivity index (χ4n) is 1.66. The Bertz CT molecular complexity index is 810. The first-order valence-electron chi connectivity index (χ1n) is 5.78. The van der Waals surface area contributed by atoms with Gasteiger partial charge in [0.05, 0.1) is 5.69 Å². The van der Waals surface area contributed by atoms with Gasteiger partial charge < -0.3 is 4.74 Å². The number of fused-ring (bicyclic) bond motifs is 1. The lowest BCUT2D eigenvalue weighted by Crippen LogP contribution is -2.15. The van der Waals surface area contributed by atoms with Crippen molar-refractivity contribution >= 4 is 22.3 Å². The minimum Gasteiger partial charge on any atom is -0.454 e. The van der Waals surface area contributed by atoms with E-state index in [1.54, 1.807) is 29.8 Å². The number of rotatable bonds is 3. The van der Waals surface area contributed by atoms with E-state index in [9.17, 15) is 9.59 Å². The second-order valence-corrected chi connectivity index (χ2v) is 4.81. The van der Waals surface area contributed by atoms with Gasteiger partial charge in [-0.2, -0.15) is 0 Å². The molecule has 0 fully saturated rings. The molecule has 3 aromatic rings. The van der Waals surface area contributed by atoms with Crippen LogP contribution in [-0.2, 0) is 11.3 Å². The largest absolute Gasteiger partial charge is 0.454 e. The van der Waals surface area contributed by atoms with Crippen molar-refractivity contribution in [2.45, 2.75) is 6.61 Å². The van der Waals surface area contributed by atoms with Gasteiger partial charge in [0.1, 0.15) is 12.3 Å². The molecule has 0 amide bonds. The van der Waals surface area contributed by atoms with Crippen LogP contribution in [0.3, 0.4) is 0 Å². The van der Waals surface area contributed by atoms with Crippen LogP contribution in [0.15, 0.2) is 46.8 Å². The van der Waals surface area contributed by atoms with E-state index in [1.807, 2.05) is 0 Å². The Labute approximate surface area is 117 Å². The number of pyridine rings is 1. The zero-order valence-corrected chi connectivity index (χ0v) is 11.0. The Hall–Kier alpha value is -2.54. The van der Waals surface area contributed by atoms with Gasteiger partial charge in [0.25, 0.3) is 5.56 Å². The maximum Gasteiger partial charge on any atom is 0.357 e. The van der Waals surface area contributed by atoms with Gasteiger partial charge in [-0.15, -0.1) is 11.3 Å². The van der Waals surface area contributed by atoms with Crippen molar-refractivity contribution in [2.75, 3.05) is 0 Å². The van der Waals surface area contributed by atoms with E-state index in [-0.39, 0.29) is 17.9 Å². The number of hydrogen-bond donors (Lipinski definition) is 0. The third-order valence-corrected chi connectivity index (χ3v) is 3.34. The molecule has 3 aromatic heterocycles. The number of carbonyl (C=O) groups excluding carboxylic acids is 1. The van der Waals surface area contributed by atoms with Crippen molar-refractivity contribution in [1.82, 2.24) is 14.4 Å². The summed E-state index contributed by atoms with van der Waals surface area (Å²) in [7, 11) is 0. The highest BCUT2D eigenvalue weighted by molar-refractivity contribution is 7.15. The predicted octanol–water partition coefficient (Wildman–Crippen LogP) is 1.51. The normalized spacial score (nSPS) is 10.6. The molecule has 0 aromatic carbocycles. The minimum atomic E-state index is -0.543. The summed E-state index contributed by atoms with van der Waals surface area (Å²) in [4.78, 5) is 32.2. The summed E-state index contributed by atoms with van der Waals surface area (Å²) in [5.74, 6) is -0.543. The second kappa shape index (κ2) is 5.22. The van der Waals surface area contributed by atoms with Crippen molar-refractivity contribution in [1.29, 1.82) is 0 Å². The van der Waals surface area contributed by atoms with Gasteiger partial charge in [-0.3, -0.25) is 9.20 Å². The van der Waals surface area contributed by atoms with E-state index < -0.39 is 5.97 Å². The fourth-order valence-corrected chi connectivity index (χ4v) is 2.40. The summed E-state index contributed by atoms with van der Waals surface area (Å²) >= 11 is 1.35. The smallest absolute Gasteiger partial charge is 0.357 e. The Kier molecular flexibility index (Phi) is 3.26. The molecule has 6 nitrogen and oxygen atoms in total. The first-order valence-corrected chi connectivity index (χ1v) is 6.66. The molecule has 0 aliphatic rings. The molecule has 0 N–H and O–H groups in total. The lowest BCUT2D eigenvalue weighted by atomic mass is 10.3. The van der Waals surface area contributed by atoms with Gasteiger partial charge >= 0.3 is 5.97 Å². The van der Waals surface area contributed by atoms with Crippen LogP contribution in [0.1, 0.15) is 16.2 Å². The molecule has 0 radical (unpaired) electrons. The van der Waals surface area contributed by atoms with Crippen molar-refractivity contribution in [3.05, 3.63) is 63.8 Å². The topological polar surface area (TPSA) is 73.6 Å². The number of nitrogens with zero attached hydrogens (tertiary/aromatic N) is 3. The monoisotopic (exact) mass is 287 g/mol. The summed E-state index contributed by atoms with van der Waals surface area (Å²) in [6.07, 6.45) is 3.16. The summed E-state index contributed by atoms with van der Waals surface area (Å²) in [5, 5.41) is 1.77. The molecule has 0 spiro atoms. The molecule has 100 valence electrons. The lowest BCUT2D eigenvalue weighted by molar-refractivity contribution is 0.0461. The molecule has 3 rings (SSSR count). The van der Waals surface area contributed by atoms with Crippen LogP contribution in [0.25, 0.3) is 4.96 Å². The van der Waals surface area contributed by atoms with Gasteiger partial charge in [-0.25, -0.2) is 14.8 Å². The van der Waals surface area contributed by atoms with Crippen LogP contribution in [-0.4, -0.2) is 20.3 Å². The summed E-state index contributed by atoms with van der Waals surface area (Å²) in [5.41, 5.74) is 0.447. The van der Waals surface area contributed by atoms with Crippen molar-refractivity contribution in [2.24, 2.45) is 0 Å². The zero-order valence-electron chi connectivity index (χ0n) is 10.2. The first kappa shape index (κ1) is 12.5. The molecule has 0 saturated heterocycles. The maximum atomic E-state index is 11.8. The van der Waals surface area contributed by atoms with E-state index in [1.165, 1.54) is 28.0 Å². The van der Waals surface area contributed by atoms with Crippen LogP contribution < -0.4 is 5.56 Å². The number of esters is 1. The molecule has 0 aliphatic heterocycles.